The van der Waals surface area contributed by atoms with E-state index in [0.29, 0.717) is 37.1 Å². The summed E-state index contributed by atoms with van der Waals surface area (Å²) in [6.07, 6.45) is 6.43. The molecule has 2 unspecified atom stereocenters. The van der Waals surface area contributed by atoms with Crippen molar-refractivity contribution in [2.75, 3.05) is 4.90 Å². The van der Waals surface area contributed by atoms with Gasteiger partial charge < -0.3 is 20.4 Å². The number of unbranched alkanes of at least 4 members (excludes halogenated alkanes) is 2. The molecule has 0 saturated carbocycles. The fourth-order valence-electron chi connectivity index (χ4n) is 4.99. The number of benzene rings is 3. The van der Waals surface area contributed by atoms with Crippen molar-refractivity contribution in [1.82, 2.24) is 5.32 Å². The van der Waals surface area contributed by atoms with Crippen LogP contribution < -0.4 is 10.2 Å². The molecule has 0 heterocycles. The lowest BCUT2D eigenvalue weighted by Gasteiger charge is -2.27. The molecular weight excluding hydrogens is 554 g/mol. The lowest BCUT2D eigenvalue weighted by atomic mass is 9.94. The van der Waals surface area contributed by atoms with Crippen LogP contribution in [0.4, 0.5) is 5.69 Å². The second kappa shape index (κ2) is 16.9. The number of nitriles is 1. The summed E-state index contributed by atoms with van der Waals surface area (Å²) in [5.74, 6) is -2.69. The largest absolute Gasteiger partial charge is 0.507 e. The van der Waals surface area contributed by atoms with Crippen molar-refractivity contribution in [3.63, 3.8) is 0 Å². The van der Waals surface area contributed by atoms with E-state index in [9.17, 15) is 29.9 Å². The van der Waals surface area contributed by atoms with Crippen molar-refractivity contribution in [3.05, 3.63) is 94.5 Å². The number of aromatic hydroxyl groups is 1. The quantitative estimate of drug-likeness (QED) is 0.149. The molecule has 3 aromatic carbocycles. The molecule has 0 saturated heterocycles. The number of phenols is 1. The van der Waals surface area contributed by atoms with Crippen molar-refractivity contribution >= 4 is 23.5 Å². The maximum Gasteiger partial charge on any atom is 0.339 e. The van der Waals surface area contributed by atoms with Gasteiger partial charge in [0.2, 0.25) is 5.91 Å². The number of anilines is 1. The summed E-state index contributed by atoms with van der Waals surface area (Å²) in [6, 6.07) is 21.6. The van der Waals surface area contributed by atoms with Crippen LogP contribution in [-0.2, 0) is 24.3 Å². The number of carbonyl (C=O) groups excluding carboxylic acids is 2. The van der Waals surface area contributed by atoms with E-state index in [4.69, 9.17) is 0 Å². The van der Waals surface area contributed by atoms with Crippen molar-refractivity contribution in [3.8, 4) is 11.8 Å². The minimum atomic E-state index is -1.30. The fraction of sp³-hybridized carbons (Fsp3) is 0.389. The zero-order chi connectivity index (χ0) is 32.1. The predicted octanol–water partition coefficient (Wildman–Crippen LogP) is 7.25. The van der Waals surface area contributed by atoms with Gasteiger partial charge in [0.15, 0.2) is 0 Å². The third-order valence-electron chi connectivity index (χ3n) is 7.94. The topological polar surface area (TPSA) is 131 Å². The van der Waals surface area contributed by atoms with Gasteiger partial charge >= 0.3 is 5.97 Å². The second-order valence-electron chi connectivity index (χ2n) is 11.3. The van der Waals surface area contributed by atoms with Crippen molar-refractivity contribution < 1.29 is 24.6 Å². The summed E-state index contributed by atoms with van der Waals surface area (Å²) in [4.78, 5) is 39.7. The Kier molecular flexibility index (Phi) is 13.0. The molecule has 0 aliphatic carbocycles. The van der Waals surface area contributed by atoms with E-state index in [1.807, 2.05) is 19.1 Å². The molecule has 0 bridgehead atoms. The van der Waals surface area contributed by atoms with Crippen molar-refractivity contribution in [2.45, 2.75) is 78.8 Å². The van der Waals surface area contributed by atoms with Crippen LogP contribution >= 0.6 is 0 Å². The molecule has 0 aliphatic rings. The molecular formula is C36H43N3O5. The smallest absolute Gasteiger partial charge is 0.339 e. The molecule has 2 atom stereocenters. The van der Waals surface area contributed by atoms with Gasteiger partial charge in [-0.25, -0.2) is 4.79 Å². The van der Waals surface area contributed by atoms with Gasteiger partial charge in [-0.15, -0.1) is 0 Å². The number of carboxylic acid groups (broad SMARTS) is 1. The minimum Gasteiger partial charge on any atom is -0.507 e. The van der Waals surface area contributed by atoms with E-state index in [2.05, 4.69) is 30.4 Å². The van der Waals surface area contributed by atoms with E-state index in [1.165, 1.54) is 47.9 Å². The van der Waals surface area contributed by atoms with Crippen molar-refractivity contribution in [2.24, 2.45) is 11.8 Å². The Morgan fingerprint density at radius 1 is 0.909 bits per heavy atom. The normalized spacial score (nSPS) is 12.1. The first-order chi connectivity index (χ1) is 21.2. The summed E-state index contributed by atoms with van der Waals surface area (Å²) in [5.41, 5.74) is 3.58. The highest BCUT2D eigenvalue weighted by Gasteiger charge is 2.25. The average molecular weight is 598 g/mol. The Labute approximate surface area is 260 Å². The molecule has 8 nitrogen and oxygen atoms in total. The highest BCUT2D eigenvalue weighted by Crippen LogP contribution is 2.28. The third-order valence-corrected chi connectivity index (χ3v) is 7.94. The number of carbonyl (C=O) groups is 3. The zero-order valence-electron chi connectivity index (χ0n) is 25.9. The first-order valence-electron chi connectivity index (χ1n) is 15.4. The van der Waals surface area contributed by atoms with E-state index in [1.54, 1.807) is 31.2 Å². The molecule has 0 spiro atoms. The molecule has 232 valence electrons. The average Bonchev–Trinajstić information content (AvgIpc) is 3.03. The molecule has 0 aliphatic heterocycles. The van der Waals surface area contributed by atoms with Crippen LogP contribution in [0.1, 0.15) is 96.7 Å². The molecule has 2 amide bonds. The lowest BCUT2D eigenvalue weighted by molar-refractivity contribution is -0.122. The van der Waals surface area contributed by atoms with Gasteiger partial charge in [-0.05, 0) is 79.1 Å². The van der Waals surface area contributed by atoms with E-state index >= 15 is 0 Å². The van der Waals surface area contributed by atoms with Crippen LogP contribution in [0.2, 0.25) is 0 Å². The van der Waals surface area contributed by atoms with Gasteiger partial charge in [0, 0.05) is 29.6 Å². The zero-order valence-corrected chi connectivity index (χ0v) is 25.9. The number of hydrogen-bond donors (Lipinski definition) is 3. The SMILES string of the molecule is CCCCCc1ccc(CNC(=O)c2ccc(CN(C(=O)C(C)CCC(C#N)CC)c3ccc(O)c(C(=O)O)c3)cc2)cc1. The van der Waals surface area contributed by atoms with Gasteiger partial charge in [-0.1, -0.05) is 70.0 Å². The van der Waals surface area contributed by atoms with Gasteiger partial charge in [0.1, 0.15) is 11.3 Å². The van der Waals surface area contributed by atoms with Gasteiger partial charge in [-0.3, -0.25) is 9.59 Å². The van der Waals surface area contributed by atoms with Crippen LogP contribution in [0, 0.1) is 23.2 Å². The van der Waals surface area contributed by atoms with Crippen LogP contribution in [-0.4, -0.2) is 28.0 Å². The molecule has 3 rings (SSSR count). The summed E-state index contributed by atoms with van der Waals surface area (Å²) < 4.78 is 0. The monoisotopic (exact) mass is 597 g/mol. The molecule has 3 N–H and O–H groups in total. The number of aromatic carboxylic acids is 1. The lowest BCUT2D eigenvalue weighted by Crippen LogP contribution is -2.35. The standard InChI is InChI=1S/C36H43N3O5/c1-4-6-7-8-27-11-13-28(14-12-27)23-38-34(41)30-17-15-29(16-18-30)24-39(31-19-20-33(40)32(21-31)36(43)44)35(42)25(3)9-10-26(5-2)22-37/h11-21,25-26,40H,4-10,23-24H2,1-3H3,(H,38,41)(H,43,44). The number of carboxylic acids is 1. The van der Waals surface area contributed by atoms with Gasteiger partial charge in [-0.2, -0.15) is 5.26 Å². The van der Waals surface area contributed by atoms with Crippen LogP contribution in [0.3, 0.4) is 0 Å². The summed E-state index contributed by atoms with van der Waals surface area (Å²) in [5, 5.41) is 31.8. The number of amides is 2. The molecule has 0 aromatic heterocycles. The highest BCUT2D eigenvalue weighted by atomic mass is 16.4. The second-order valence-corrected chi connectivity index (χ2v) is 11.3. The predicted molar refractivity (Wildman–Crippen MR) is 171 cm³/mol. The Hall–Kier alpha value is -4.64. The molecule has 44 heavy (non-hydrogen) atoms. The summed E-state index contributed by atoms with van der Waals surface area (Å²) in [6.45, 7) is 6.47. The molecule has 3 aromatic rings. The number of rotatable bonds is 16. The highest BCUT2D eigenvalue weighted by molar-refractivity contribution is 5.98. The van der Waals surface area contributed by atoms with Crippen molar-refractivity contribution in [1.29, 1.82) is 5.26 Å². The summed E-state index contributed by atoms with van der Waals surface area (Å²) in [7, 11) is 0. The maximum atomic E-state index is 13.7. The van der Waals surface area contributed by atoms with Gasteiger partial charge in [0.25, 0.3) is 5.91 Å². The van der Waals surface area contributed by atoms with Crippen LogP contribution in [0.25, 0.3) is 0 Å². The number of nitrogens with one attached hydrogen (secondary N) is 1. The van der Waals surface area contributed by atoms with Crippen LogP contribution in [0.5, 0.6) is 5.75 Å². The van der Waals surface area contributed by atoms with E-state index in [0.717, 1.165) is 17.5 Å². The number of aryl methyl sites for hydroxylation is 1. The van der Waals surface area contributed by atoms with E-state index in [-0.39, 0.29) is 35.6 Å². The number of nitrogens with zero attached hydrogens (tertiary/aromatic N) is 2. The molecule has 8 heteroatoms. The van der Waals surface area contributed by atoms with Crippen LogP contribution in [0.15, 0.2) is 66.7 Å². The Morgan fingerprint density at radius 2 is 1.57 bits per heavy atom. The number of hydrogen-bond acceptors (Lipinski definition) is 5. The first kappa shape index (κ1) is 33.9. The third kappa shape index (κ3) is 9.70. The Bertz CT molecular complexity index is 1440. The Balaban J connectivity index is 1.71. The Morgan fingerprint density at radius 3 is 2.18 bits per heavy atom. The van der Waals surface area contributed by atoms with E-state index < -0.39 is 11.9 Å². The minimum absolute atomic E-state index is 0.134. The molecule has 0 fully saturated rings. The maximum absolute atomic E-state index is 13.7. The first-order valence-corrected chi connectivity index (χ1v) is 15.4. The molecule has 0 radical (unpaired) electrons. The fourth-order valence-corrected chi connectivity index (χ4v) is 4.99. The van der Waals surface area contributed by atoms with Gasteiger partial charge in [0.05, 0.1) is 12.6 Å². The summed E-state index contributed by atoms with van der Waals surface area (Å²) >= 11 is 0.